The Morgan fingerprint density at radius 3 is 2.55 bits per heavy atom. The van der Waals surface area contributed by atoms with E-state index < -0.39 is 0 Å². The van der Waals surface area contributed by atoms with Gasteiger partial charge in [-0.3, -0.25) is 14.0 Å². The molecule has 0 unspecified atom stereocenters. The van der Waals surface area contributed by atoms with Crippen molar-refractivity contribution in [3.63, 3.8) is 0 Å². The van der Waals surface area contributed by atoms with Crippen molar-refractivity contribution in [1.82, 2.24) is 19.3 Å². The zero-order valence-electron chi connectivity index (χ0n) is 15.7. The molecule has 0 aliphatic rings. The Kier molecular flexibility index (Phi) is 5.94. The minimum absolute atomic E-state index is 0.147. The fraction of sp³-hybridized carbons (Fsp3) is 0.190. The number of hydrogen-bond donors (Lipinski definition) is 0. The first-order chi connectivity index (χ1) is 14.0. The quantitative estimate of drug-likeness (QED) is 0.300. The second kappa shape index (κ2) is 8.61. The molecule has 148 valence electrons. The number of rotatable bonds is 6. The van der Waals surface area contributed by atoms with Crippen molar-refractivity contribution in [2.24, 2.45) is 0 Å². The van der Waals surface area contributed by atoms with Crippen molar-refractivity contribution in [3.8, 4) is 0 Å². The van der Waals surface area contributed by atoms with Crippen LogP contribution in [0.25, 0.3) is 11.0 Å². The molecule has 4 rings (SSSR count). The Bertz CT molecular complexity index is 1220. The largest absolute Gasteiger partial charge is 0.282 e. The Balaban J connectivity index is 1.75. The molecular weight excluding hydrogens is 427 g/mol. The molecule has 0 amide bonds. The molecule has 0 saturated heterocycles. The summed E-state index contributed by atoms with van der Waals surface area (Å²) < 4.78 is 3.41. The van der Waals surface area contributed by atoms with Crippen LogP contribution < -0.4 is 5.56 Å². The summed E-state index contributed by atoms with van der Waals surface area (Å²) in [4.78, 5) is 17.9. The SMILES string of the molecule is CCn1cc2nc(SCc3cccc(Cl)c3)n(Cc3ccc(Cl)cc3)c(=O)c2n1. The van der Waals surface area contributed by atoms with Gasteiger partial charge in [-0.2, -0.15) is 5.10 Å². The molecule has 4 aromatic rings. The summed E-state index contributed by atoms with van der Waals surface area (Å²) >= 11 is 13.6. The zero-order valence-corrected chi connectivity index (χ0v) is 18.0. The van der Waals surface area contributed by atoms with Gasteiger partial charge in [-0.1, -0.05) is 59.2 Å². The summed E-state index contributed by atoms with van der Waals surface area (Å²) in [7, 11) is 0. The van der Waals surface area contributed by atoms with Crippen LogP contribution in [-0.4, -0.2) is 19.3 Å². The van der Waals surface area contributed by atoms with E-state index in [1.165, 1.54) is 11.8 Å². The zero-order chi connectivity index (χ0) is 20.4. The van der Waals surface area contributed by atoms with Crippen LogP contribution in [0.2, 0.25) is 10.0 Å². The molecule has 2 heterocycles. The maximum atomic E-state index is 13.2. The second-order valence-electron chi connectivity index (χ2n) is 6.55. The van der Waals surface area contributed by atoms with Gasteiger partial charge in [0.15, 0.2) is 10.7 Å². The first kappa shape index (κ1) is 20.0. The van der Waals surface area contributed by atoms with Gasteiger partial charge in [0, 0.05) is 22.3 Å². The van der Waals surface area contributed by atoms with E-state index in [9.17, 15) is 4.79 Å². The minimum Gasteiger partial charge on any atom is -0.281 e. The molecule has 0 saturated carbocycles. The third kappa shape index (κ3) is 4.50. The number of halogens is 2. The minimum atomic E-state index is -0.147. The smallest absolute Gasteiger partial charge is 0.281 e. The highest BCUT2D eigenvalue weighted by Crippen LogP contribution is 2.24. The Hall–Kier alpha value is -2.28. The van der Waals surface area contributed by atoms with Gasteiger partial charge in [0.25, 0.3) is 5.56 Å². The number of hydrogen-bond acceptors (Lipinski definition) is 4. The molecule has 5 nitrogen and oxygen atoms in total. The van der Waals surface area contributed by atoms with Gasteiger partial charge in [-0.05, 0) is 42.3 Å². The van der Waals surface area contributed by atoms with Crippen molar-refractivity contribution < 1.29 is 0 Å². The van der Waals surface area contributed by atoms with E-state index in [0.717, 1.165) is 11.1 Å². The van der Waals surface area contributed by atoms with Crippen LogP contribution in [0.1, 0.15) is 18.1 Å². The number of aryl methyl sites for hydroxylation is 1. The Labute approximate surface area is 182 Å². The number of nitrogens with zero attached hydrogens (tertiary/aromatic N) is 4. The molecule has 0 aliphatic heterocycles. The van der Waals surface area contributed by atoms with Crippen molar-refractivity contribution in [2.75, 3.05) is 0 Å². The maximum absolute atomic E-state index is 13.2. The van der Waals surface area contributed by atoms with Gasteiger partial charge >= 0.3 is 0 Å². The van der Waals surface area contributed by atoms with E-state index >= 15 is 0 Å². The molecule has 8 heteroatoms. The molecule has 0 aliphatic carbocycles. The lowest BCUT2D eigenvalue weighted by Gasteiger charge is -2.12. The molecule has 2 aromatic carbocycles. The standard InChI is InChI=1S/C21H18Cl2N4OS/c1-2-26-12-18-19(25-26)20(28)27(11-14-6-8-16(22)9-7-14)21(24-18)29-13-15-4-3-5-17(23)10-15/h3-10,12H,2,11,13H2,1H3. The van der Waals surface area contributed by atoms with Gasteiger partial charge in [0.1, 0.15) is 5.52 Å². The van der Waals surface area contributed by atoms with Crippen LogP contribution in [0.4, 0.5) is 0 Å². The first-order valence-electron chi connectivity index (χ1n) is 9.13. The van der Waals surface area contributed by atoms with E-state index in [0.29, 0.717) is 45.1 Å². The van der Waals surface area contributed by atoms with Crippen LogP contribution in [0, 0.1) is 0 Å². The van der Waals surface area contributed by atoms with E-state index in [2.05, 4.69) is 5.10 Å². The average Bonchev–Trinajstić information content (AvgIpc) is 3.14. The predicted octanol–water partition coefficient (Wildman–Crippen LogP) is 5.26. The maximum Gasteiger partial charge on any atom is 0.282 e. The third-order valence-corrected chi connectivity index (χ3v) is 6.01. The predicted molar refractivity (Wildman–Crippen MR) is 119 cm³/mol. The normalized spacial score (nSPS) is 11.3. The summed E-state index contributed by atoms with van der Waals surface area (Å²) in [6.07, 6.45) is 1.81. The molecule has 0 atom stereocenters. The molecule has 2 aromatic heterocycles. The van der Waals surface area contributed by atoms with Gasteiger partial charge in [-0.15, -0.1) is 0 Å². The fourth-order valence-corrected chi connectivity index (χ4v) is 4.26. The summed E-state index contributed by atoms with van der Waals surface area (Å²) in [6.45, 7) is 3.06. The highest BCUT2D eigenvalue weighted by Gasteiger charge is 2.15. The van der Waals surface area contributed by atoms with E-state index in [1.54, 1.807) is 9.25 Å². The Morgan fingerprint density at radius 2 is 1.83 bits per heavy atom. The van der Waals surface area contributed by atoms with E-state index in [1.807, 2.05) is 61.7 Å². The van der Waals surface area contributed by atoms with Crippen LogP contribution >= 0.6 is 35.0 Å². The summed E-state index contributed by atoms with van der Waals surface area (Å²) in [6, 6.07) is 15.1. The molecule has 0 bridgehead atoms. The summed E-state index contributed by atoms with van der Waals surface area (Å²) in [5.74, 6) is 0.654. The number of benzene rings is 2. The lowest BCUT2D eigenvalue weighted by atomic mass is 10.2. The molecule has 0 radical (unpaired) electrons. The molecule has 29 heavy (non-hydrogen) atoms. The highest BCUT2D eigenvalue weighted by molar-refractivity contribution is 7.98. The highest BCUT2D eigenvalue weighted by atomic mass is 35.5. The number of fused-ring (bicyclic) bond motifs is 1. The van der Waals surface area contributed by atoms with Gasteiger partial charge in [0.05, 0.1) is 12.7 Å². The van der Waals surface area contributed by atoms with Crippen LogP contribution in [0.5, 0.6) is 0 Å². The third-order valence-electron chi connectivity index (χ3n) is 4.47. The molecule has 0 spiro atoms. The number of thioether (sulfide) groups is 1. The fourth-order valence-electron chi connectivity index (χ4n) is 2.98. The van der Waals surface area contributed by atoms with E-state index in [4.69, 9.17) is 28.2 Å². The number of aromatic nitrogens is 4. The molecule has 0 fully saturated rings. The molecular formula is C21H18Cl2N4OS. The Morgan fingerprint density at radius 1 is 1.03 bits per heavy atom. The second-order valence-corrected chi connectivity index (χ2v) is 8.36. The van der Waals surface area contributed by atoms with Crippen molar-refractivity contribution in [3.05, 3.63) is 86.3 Å². The van der Waals surface area contributed by atoms with Crippen molar-refractivity contribution in [2.45, 2.75) is 30.9 Å². The topological polar surface area (TPSA) is 52.7 Å². The first-order valence-corrected chi connectivity index (χ1v) is 10.9. The van der Waals surface area contributed by atoms with Gasteiger partial charge in [-0.25, -0.2) is 4.98 Å². The average molecular weight is 445 g/mol. The lowest BCUT2D eigenvalue weighted by Crippen LogP contribution is -2.24. The lowest BCUT2D eigenvalue weighted by molar-refractivity contribution is 0.650. The van der Waals surface area contributed by atoms with Crippen molar-refractivity contribution >= 4 is 46.0 Å². The van der Waals surface area contributed by atoms with E-state index in [-0.39, 0.29) is 5.56 Å². The van der Waals surface area contributed by atoms with Crippen LogP contribution in [0.15, 0.2) is 64.7 Å². The van der Waals surface area contributed by atoms with Crippen molar-refractivity contribution in [1.29, 1.82) is 0 Å². The van der Waals surface area contributed by atoms with Crippen LogP contribution in [0.3, 0.4) is 0 Å². The van der Waals surface area contributed by atoms with Crippen LogP contribution in [-0.2, 0) is 18.8 Å². The summed E-state index contributed by atoms with van der Waals surface area (Å²) in [5.41, 5.74) is 2.88. The molecule has 0 N–H and O–H groups in total. The van der Waals surface area contributed by atoms with Gasteiger partial charge < -0.3 is 0 Å². The summed E-state index contributed by atoms with van der Waals surface area (Å²) in [5, 5.41) is 6.39. The monoisotopic (exact) mass is 444 g/mol. The van der Waals surface area contributed by atoms with Gasteiger partial charge in [0.2, 0.25) is 0 Å².